The molecule has 0 fully saturated rings. The summed E-state index contributed by atoms with van der Waals surface area (Å²) in [4.78, 5) is 0. The first-order chi connectivity index (χ1) is 18.3. The number of para-hydroxylation sites is 2. The standard InChI is InChI=1S/C32H24N2O2S/c1-3-11-25-21-27(19-17-23(25)9-1)33-29-13-5-7-15-31(29)35-36-32-16-8-6-14-30(32)34(37-33)28-20-18-24-10-2-4-12-26(24)22-28/h1-5,7,9-22H,6,8H2. The largest absolute Gasteiger partial charge is 0.288 e. The maximum absolute atomic E-state index is 6.00. The Kier molecular flexibility index (Phi) is 5.41. The lowest BCUT2D eigenvalue weighted by Crippen LogP contribution is -2.33. The molecule has 1 aromatic heterocycles. The predicted octanol–water partition coefficient (Wildman–Crippen LogP) is 7.58. The van der Waals surface area contributed by atoms with Gasteiger partial charge < -0.3 is 0 Å². The maximum Gasteiger partial charge on any atom is 0.203 e. The van der Waals surface area contributed by atoms with Gasteiger partial charge in [0.1, 0.15) is 10.9 Å². The second-order valence-electron chi connectivity index (χ2n) is 9.10. The first-order valence-electron chi connectivity index (χ1n) is 12.4. The first-order valence-corrected chi connectivity index (χ1v) is 13.2. The van der Waals surface area contributed by atoms with Gasteiger partial charge in [-0.3, -0.25) is 9.15 Å². The van der Waals surface area contributed by atoms with Gasteiger partial charge in [0.15, 0.2) is 5.42 Å². The van der Waals surface area contributed by atoms with Gasteiger partial charge in [-0.2, -0.15) is 0 Å². The summed E-state index contributed by atoms with van der Waals surface area (Å²) in [6.07, 6.45) is 6.19. The molecule has 180 valence electrons. The molecule has 4 nitrogen and oxygen atoms in total. The van der Waals surface area contributed by atoms with Crippen molar-refractivity contribution < 1.29 is 9.15 Å². The molecule has 5 aromatic carbocycles. The van der Waals surface area contributed by atoms with Crippen LogP contribution in [0.15, 0.2) is 118 Å². The molecule has 1 heterocycles. The van der Waals surface area contributed by atoms with Crippen molar-refractivity contribution in [3.63, 3.8) is 0 Å². The van der Waals surface area contributed by atoms with Gasteiger partial charge in [-0.15, -0.1) is 0 Å². The second kappa shape index (κ2) is 9.19. The molecule has 37 heavy (non-hydrogen) atoms. The minimum Gasteiger partial charge on any atom is -0.288 e. The average molecular weight is 501 g/mol. The van der Waals surface area contributed by atoms with Crippen molar-refractivity contribution in [3.05, 3.63) is 120 Å². The van der Waals surface area contributed by atoms with E-state index in [-0.39, 0.29) is 0 Å². The lowest BCUT2D eigenvalue weighted by molar-refractivity contribution is 0.0534. The quantitative estimate of drug-likeness (QED) is 0.230. The lowest BCUT2D eigenvalue weighted by Gasteiger charge is -2.12. The fourth-order valence-electron chi connectivity index (χ4n) is 4.83. The summed E-state index contributed by atoms with van der Waals surface area (Å²) in [7, 11) is 0. The van der Waals surface area contributed by atoms with Crippen LogP contribution in [0, 0.1) is 0 Å². The highest BCUT2D eigenvalue weighted by molar-refractivity contribution is 7.01. The van der Waals surface area contributed by atoms with Gasteiger partial charge in [-0.1, -0.05) is 78.9 Å². The normalized spacial score (nSPS) is 12.5. The summed E-state index contributed by atoms with van der Waals surface area (Å²) in [5.74, 6) is 0. The number of fused-ring (bicyclic) bond motifs is 4. The molecule has 0 aliphatic heterocycles. The first kappa shape index (κ1) is 21.8. The molecule has 0 bridgehead atoms. The van der Waals surface area contributed by atoms with E-state index in [2.05, 4.69) is 111 Å². The predicted molar refractivity (Wildman–Crippen MR) is 153 cm³/mol. The number of rotatable bonds is 2. The van der Waals surface area contributed by atoms with E-state index in [0.717, 1.165) is 40.5 Å². The summed E-state index contributed by atoms with van der Waals surface area (Å²) in [6.45, 7) is 0. The fraction of sp³-hybridized carbons (Fsp3) is 0.0625. The molecule has 0 radical (unpaired) electrons. The molecule has 1 aliphatic carbocycles. The van der Waals surface area contributed by atoms with Crippen LogP contribution in [0.2, 0.25) is 0 Å². The molecule has 0 N–H and O–H groups in total. The minimum absolute atomic E-state index is 0.661. The highest BCUT2D eigenvalue weighted by Crippen LogP contribution is 2.25. The van der Waals surface area contributed by atoms with Gasteiger partial charge in [0.25, 0.3) is 0 Å². The van der Waals surface area contributed by atoms with Gasteiger partial charge in [0.2, 0.25) is 5.58 Å². The highest BCUT2D eigenvalue weighted by atomic mass is 32.1. The molecule has 6 aromatic rings. The van der Waals surface area contributed by atoms with Gasteiger partial charge in [0, 0.05) is 11.7 Å². The van der Waals surface area contributed by atoms with E-state index in [0.29, 0.717) is 5.58 Å². The molecule has 0 atom stereocenters. The van der Waals surface area contributed by atoms with Crippen LogP contribution in [-0.2, 0) is 0 Å². The van der Waals surface area contributed by atoms with E-state index in [4.69, 9.17) is 9.15 Å². The van der Waals surface area contributed by atoms with Crippen LogP contribution >= 0.6 is 11.7 Å². The Morgan fingerprint density at radius 3 is 1.86 bits per heavy atom. The van der Waals surface area contributed by atoms with E-state index in [1.54, 1.807) is 11.7 Å². The third-order valence-electron chi connectivity index (χ3n) is 6.71. The number of hydrogen-bond acceptors (Lipinski definition) is 3. The van der Waals surface area contributed by atoms with Crippen LogP contribution in [0.5, 0.6) is 0 Å². The molecular weight excluding hydrogens is 476 g/mol. The van der Waals surface area contributed by atoms with Crippen molar-refractivity contribution >= 4 is 56.5 Å². The topological polar surface area (TPSA) is 36.1 Å². The van der Waals surface area contributed by atoms with E-state index >= 15 is 0 Å². The number of benzene rings is 5. The summed E-state index contributed by atoms with van der Waals surface area (Å²) in [6, 6.07) is 38.0. The summed E-state index contributed by atoms with van der Waals surface area (Å²) in [5, 5.41) is 5.78. The molecule has 0 saturated heterocycles. The van der Waals surface area contributed by atoms with Gasteiger partial charge in [-0.25, -0.2) is 7.91 Å². The van der Waals surface area contributed by atoms with Crippen LogP contribution in [-0.4, -0.2) is 7.91 Å². The van der Waals surface area contributed by atoms with Crippen molar-refractivity contribution in [1.82, 2.24) is 7.91 Å². The molecule has 5 heteroatoms. The molecule has 7 rings (SSSR count). The summed E-state index contributed by atoms with van der Waals surface area (Å²) in [5.41, 5.74) is 4.41. The van der Waals surface area contributed by atoms with Gasteiger partial charge in [0.05, 0.1) is 11.4 Å². The molecule has 0 unspecified atom stereocenters. The zero-order chi connectivity index (χ0) is 24.6. The van der Waals surface area contributed by atoms with Crippen LogP contribution in [0.4, 0.5) is 0 Å². The van der Waals surface area contributed by atoms with E-state index in [1.165, 1.54) is 21.5 Å². The Bertz CT molecular complexity index is 2010. The molecular formula is C32H24N2O2S. The highest BCUT2D eigenvalue weighted by Gasteiger charge is 2.09. The zero-order valence-corrected chi connectivity index (χ0v) is 20.9. The van der Waals surface area contributed by atoms with E-state index in [1.807, 2.05) is 18.2 Å². The van der Waals surface area contributed by atoms with Crippen LogP contribution < -0.4 is 10.8 Å². The summed E-state index contributed by atoms with van der Waals surface area (Å²) >= 11 is 1.63. The SMILES string of the molecule is C1=c2ooc3ccccc3n(-c3ccc4ccccc4c3)sn(-c3ccc4ccccc4c3)c2=CCC1. The Morgan fingerprint density at radius 1 is 0.541 bits per heavy atom. The molecule has 0 spiro atoms. The van der Waals surface area contributed by atoms with Crippen LogP contribution in [0.3, 0.4) is 0 Å². The third kappa shape index (κ3) is 4.03. The monoisotopic (exact) mass is 500 g/mol. The van der Waals surface area contributed by atoms with Crippen molar-refractivity contribution in [2.75, 3.05) is 0 Å². The van der Waals surface area contributed by atoms with Crippen molar-refractivity contribution in [2.24, 2.45) is 0 Å². The second-order valence-corrected chi connectivity index (χ2v) is 10.00. The smallest absolute Gasteiger partial charge is 0.203 e. The van der Waals surface area contributed by atoms with Gasteiger partial charge >= 0.3 is 0 Å². The molecule has 0 saturated carbocycles. The van der Waals surface area contributed by atoms with Crippen molar-refractivity contribution in [3.8, 4) is 11.4 Å². The maximum atomic E-state index is 6.00. The van der Waals surface area contributed by atoms with E-state index in [9.17, 15) is 0 Å². The van der Waals surface area contributed by atoms with Crippen molar-refractivity contribution in [1.29, 1.82) is 0 Å². The fourth-order valence-corrected chi connectivity index (χ4v) is 5.90. The van der Waals surface area contributed by atoms with E-state index < -0.39 is 0 Å². The Labute approximate surface area is 217 Å². The zero-order valence-electron chi connectivity index (χ0n) is 20.1. The number of hydrogen-bond donors (Lipinski definition) is 0. The molecule has 1 aliphatic rings. The van der Waals surface area contributed by atoms with Gasteiger partial charge in [-0.05, 0) is 76.9 Å². The average Bonchev–Trinajstić information content (AvgIpc) is 3.03. The number of aromatic nitrogens is 2. The number of nitrogens with zero attached hydrogens (tertiary/aromatic N) is 2. The van der Waals surface area contributed by atoms with Crippen LogP contribution in [0.25, 0.3) is 56.2 Å². The molecule has 0 amide bonds. The summed E-state index contributed by atoms with van der Waals surface area (Å²) < 4.78 is 16.4. The Morgan fingerprint density at radius 2 is 1.14 bits per heavy atom. The Balaban J connectivity index is 1.65. The minimum atomic E-state index is 0.661. The third-order valence-corrected chi connectivity index (χ3v) is 7.85. The Hall–Kier alpha value is -4.48. The van der Waals surface area contributed by atoms with Crippen LogP contribution in [0.1, 0.15) is 12.8 Å². The lowest BCUT2D eigenvalue weighted by atomic mass is 10.1. The van der Waals surface area contributed by atoms with Crippen molar-refractivity contribution in [2.45, 2.75) is 12.8 Å².